The van der Waals surface area contributed by atoms with Crippen molar-refractivity contribution >= 4 is 40.9 Å². The van der Waals surface area contributed by atoms with Crippen LogP contribution in [0.5, 0.6) is 0 Å². The van der Waals surface area contributed by atoms with E-state index in [0.29, 0.717) is 44.6 Å². The molecular weight excluding hydrogens is 465 g/mol. The van der Waals surface area contributed by atoms with Crippen LogP contribution in [-0.4, -0.2) is 30.9 Å². The Morgan fingerprint density at radius 1 is 1.12 bits per heavy atom. The molecule has 1 aliphatic heterocycles. The zero-order valence-corrected chi connectivity index (χ0v) is 20.4. The summed E-state index contributed by atoms with van der Waals surface area (Å²) in [6.07, 6.45) is 4.05. The summed E-state index contributed by atoms with van der Waals surface area (Å²) >= 11 is 12.5. The highest BCUT2D eigenvalue weighted by atomic mass is 35.5. The van der Waals surface area contributed by atoms with Gasteiger partial charge in [-0.25, -0.2) is 4.79 Å². The largest absolute Gasteiger partial charge is 0.468 e. The zero-order valence-electron chi connectivity index (χ0n) is 18.9. The molecule has 1 aromatic rings. The summed E-state index contributed by atoms with van der Waals surface area (Å²) in [6.45, 7) is 3.66. The Kier molecular flexibility index (Phi) is 6.87. The number of Topliss-reactive ketones (excluding diaryl/α,β-unsaturated/α-hetero) is 1. The second kappa shape index (κ2) is 9.51. The summed E-state index contributed by atoms with van der Waals surface area (Å²) in [5.74, 6) is -3.30. The lowest BCUT2D eigenvalue weighted by molar-refractivity contribution is -0.151. The van der Waals surface area contributed by atoms with Crippen molar-refractivity contribution in [3.63, 3.8) is 0 Å². The van der Waals surface area contributed by atoms with Crippen molar-refractivity contribution in [1.29, 1.82) is 0 Å². The number of rotatable bonds is 4. The van der Waals surface area contributed by atoms with E-state index in [1.807, 2.05) is 6.92 Å². The van der Waals surface area contributed by atoms with Gasteiger partial charge in [0.25, 0.3) is 0 Å². The maximum Gasteiger partial charge on any atom is 0.337 e. The molecule has 1 aromatic carbocycles. The Hall–Kier alpha value is -2.31. The van der Waals surface area contributed by atoms with E-state index in [1.165, 1.54) is 7.11 Å². The van der Waals surface area contributed by atoms with Gasteiger partial charge in [0.15, 0.2) is 5.78 Å². The van der Waals surface area contributed by atoms with Gasteiger partial charge < -0.3 is 14.8 Å². The third kappa shape index (κ3) is 4.43. The number of benzene rings is 1. The van der Waals surface area contributed by atoms with Crippen LogP contribution in [0.1, 0.15) is 57.4 Å². The minimum absolute atomic E-state index is 0.132. The molecule has 0 amide bonds. The number of allylic oxidation sites excluding steroid dienone is 3. The van der Waals surface area contributed by atoms with E-state index in [-0.39, 0.29) is 17.8 Å². The van der Waals surface area contributed by atoms with Crippen LogP contribution < -0.4 is 5.32 Å². The number of ether oxygens (including phenoxy) is 2. The summed E-state index contributed by atoms with van der Waals surface area (Å²) in [7, 11) is 1.27. The first-order valence-corrected chi connectivity index (χ1v) is 12.0. The molecule has 1 fully saturated rings. The molecule has 33 heavy (non-hydrogen) atoms. The van der Waals surface area contributed by atoms with Crippen LogP contribution in [0, 0.1) is 11.8 Å². The minimum Gasteiger partial charge on any atom is -0.468 e. The number of hydrogen-bond donors (Lipinski definition) is 1. The monoisotopic (exact) mass is 491 g/mol. The first kappa shape index (κ1) is 23.8. The van der Waals surface area contributed by atoms with Gasteiger partial charge in [-0.3, -0.25) is 9.59 Å². The van der Waals surface area contributed by atoms with Crippen molar-refractivity contribution in [2.24, 2.45) is 11.8 Å². The predicted molar refractivity (Wildman–Crippen MR) is 125 cm³/mol. The fourth-order valence-corrected chi connectivity index (χ4v) is 5.50. The van der Waals surface area contributed by atoms with Crippen molar-refractivity contribution in [2.45, 2.75) is 58.0 Å². The lowest BCUT2D eigenvalue weighted by Crippen LogP contribution is -2.43. The summed E-state index contributed by atoms with van der Waals surface area (Å²) in [4.78, 5) is 39.6. The number of carbonyl (C=O) groups is 3. The number of nitrogens with one attached hydrogen (secondary N) is 1. The molecule has 1 N–H and O–H groups in total. The lowest BCUT2D eigenvalue weighted by atomic mass is 9.69. The van der Waals surface area contributed by atoms with E-state index in [0.717, 1.165) is 25.7 Å². The quantitative estimate of drug-likeness (QED) is 0.466. The van der Waals surface area contributed by atoms with Crippen LogP contribution >= 0.6 is 23.2 Å². The van der Waals surface area contributed by atoms with Gasteiger partial charge >= 0.3 is 11.9 Å². The zero-order chi connectivity index (χ0) is 23.9. The van der Waals surface area contributed by atoms with E-state index < -0.39 is 23.8 Å². The predicted octanol–water partition coefficient (Wildman–Crippen LogP) is 5.09. The fraction of sp³-hybridized carbons (Fsp3) is 0.480. The van der Waals surface area contributed by atoms with E-state index in [4.69, 9.17) is 32.7 Å². The number of dihydropyridines is 1. The molecular formula is C25H27Cl2NO5. The average Bonchev–Trinajstić information content (AvgIpc) is 3.27. The lowest BCUT2D eigenvalue weighted by Gasteiger charge is -2.38. The highest BCUT2D eigenvalue weighted by Gasteiger charge is 2.47. The second-order valence-corrected chi connectivity index (χ2v) is 9.84. The number of esters is 2. The van der Waals surface area contributed by atoms with Gasteiger partial charge in [0.05, 0.1) is 22.7 Å². The maximum atomic E-state index is 13.7. The minimum atomic E-state index is -0.939. The van der Waals surface area contributed by atoms with Crippen LogP contribution in [0.25, 0.3) is 0 Å². The molecule has 3 aliphatic rings. The number of ketones is 1. The van der Waals surface area contributed by atoms with Crippen molar-refractivity contribution < 1.29 is 23.9 Å². The number of hydrogen-bond acceptors (Lipinski definition) is 6. The van der Waals surface area contributed by atoms with Crippen LogP contribution in [0.15, 0.2) is 40.7 Å². The first-order valence-electron chi connectivity index (χ1n) is 11.2. The molecule has 0 saturated heterocycles. The molecule has 0 spiro atoms. The highest BCUT2D eigenvalue weighted by molar-refractivity contribution is 6.42. The summed E-state index contributed by atoms with van der Waals surface area (Å²) < 4.78 is 10.8. The molecule has 1 heterocycles. The Morgan fingerprint density at radius 2 is 1.82 bits per heavy atom. The number of halogens is 2. The summed E-state index contributed by atoms with van der Waals surface area (Å²) in [5.41, 5.74) is 2.71. The third-order valence-electron chi connectivity index (χ3n) is 6.82. The van der Waals surface area contributed by atoms with Crippen LogP contribution in [0.2, 0.25) is 10.0 Å². The van der Waals surface area contributed by atoms with Crippen LogP contribution in [-0.2, 0) is 23.9 Å². The highest BCUT2D eigenvalue weighted by Crippen LogP contribution is 2.46. The van der Waals surface area contributed by atoms with Crippen LogP contribution in [0.3, 0.4) is 0 Å². The molecule has 2 aliphatic carbocycles. The SMILES string of the molecule is COC(=O)[C@@H]1C(=O)C2=C(C[C@@H]1C)NC(C)=C(C(=O)OC1CCCC1)[C@@H]2c1ccc(Cl)c(Cl)c1. The Labute approximate surface area is 203 Å². The van der Waals surface area contributed by atoms with Gasteiger partial charge in [-0.05, 0) is 62.6 Å². The molecule has 176 valence electrons. The number of methoxy groups -OCH3 is 1. The fourth-order valence-electron chi connectivity index (χ4n) is 5.20. The van der Waals surface area contributed by atoms with E-state index in [9.17, 15) is 14.4 Å². The Balaban J connectivity index is 1.82. The number of carbonyl (C=O) groups excluding carboxylic acids is 3. The van der Waals surface area contributed by atoms with Gasteiger partial charge in [0.2, 0.25) is 0 Å². The Bertz CT molecular complexity index is 1070. The van der Waals surface area contributed by atoms with Gasteiger partial charge in [-0.15, -0.1) is 0 Å². The first-order chi connectivity index (χ1) is 15.7. The van der Waals surface area contributed by atoms with Gasteiger partial charge in [-0.2, -0.15) is 0 Å². The van der Waals surface area contributed by atoms with E-state index >= 15 is 0 Å². The van der Waals surface area contributed by atoms with Crippen molar-refractivity contribution in [2.75, 3.05) is 7.11 Å². The van der Waals surface area contributed by atoms with Gasteiger partial charge in [0, 0.05) is 22.9 Å². The van der Waals surface area contributed by atoms with Gasteiger partial charge in [0.1, 0.15) is 12.0 Å². The van der Waals surface area contributed by atoms with Crippen molar-refractivity contribution in [1.82, 2.24) is 5.32 Å². The molecule has 0 bridgehead atoms. The average molecular weight is 492 g/mol. The molecule has 4 rings (SSSR count). The molecule has 3 atom stereocenters. The van der Waals surface area contributed by atoms with E-state index in [1.54, 1.807) is 25.1 Å². The standard InChI is InChI=1S/C25H27Cl2NO5/c1-12-10-18-22(23(29)19(12)24(30)32-3)21(14-8-9-16(26)17(27)11-14)20(13(2)28-18)25(31)33-15-6-4-5-7-15/h8-9,11-12,15,19,21,28H,4-7,10H2,1-3H3/t12-,19-,21-/m0/s1. The molecule has 0 aromatic heterocycles. The smallest absolute Gasteiger partial charge is 0.337 e. The van der Waals surface area contributed by atoms with E-state index in [2.05, 4.69) is 5.32 Å². The molecule has 0 unspecified atom stereocenters. The molecule has 8 heteroatoms. The van der Waals surface area contributed by atoms with Gasteiger partial charge in [-0.1, -0.05) is 36.2 Å². The summed E-state index contributed by atoms with van der Waals surface area (Å²) in [5, 5.41) is 3.95. The normalized spacial score (nSPS) is 25.6. The van der Waals surface area contributed by atoms with Crippen molar-refractivity contribution in [3.8, 4) is 0 Å². The summed E-state index contributed by atoms with van der Waals surface area (Å²) in [6, 6.07) is 5.06. The molecule has 0 radical (unpaired) electrons. The topological polar surface area (TPSA) is 81.7 Å². The second-order valence-electron chi connectivity index (χ2n) is 9.02. The Morgan fingerprint density at radius 3 is 2.45 bits per heavy atom. The van der Waals surface area contributed by atoms with Crippen molar-refractivity contribution in [3.05, 3.63) is 56.3 Å². The molecule has 1 saturated carbocycles. The third-order valence-corrected chi connectivity index (χ3v) is 7.55. The molecule has 6 nitrogen and oxygen atoms in total. The van der Waals surface area contributed by atoms with Crippen LogP contribution in [0.4, 0.5) is 0 Å². The maximum absolute atomic E-state index is 13.7.